The standard InChI is InChI=1S/C9H11FO3/c1-6(11)13-8(2)5-4-7(12)9(8,3)10/h4-5H,1-3H3. The molecular formula is C9H11FO3. The lowest BCUT2D eigenvalue weighted by molar-refractivity contribution is -0.164. The number of allylic oxidation sites excluding steroid dienone is 1. The molecule has 0 aromatic carbocycles. The number of alkyl halides is 1. The molecule has 72 valence electrons. The van der Waals surface area contributed by atoms with Crippen LogP contribution in [0.15, 0.2) is 12.2 Å². The zero-order chi connectivity index (χ0) is 10.3. The highest BCUT2D eigenvalue weighted by molar-refractivity contribution is 6.01. The van der Waals surface area contributed by atoms with Gasteiger partial charge in [-0.1, -0.05) is 0 Å². The van der Waals surface area contributed by atoms with Gasteiger partial charge in [-0.05, 0) is 26.0 Å². The van der Waals surface area contributed by atoms with Crippen LogP contribution in [0.1, 0.15) is 20.8 Å². The summed E-state index contributed by atoms with van der Waals surface area (Å²) in [5, 5.41) is 0. The minimum atomic E-state index is -2.15. The summed E-state index contributed by atoms with van der Waals surface area (Å²) in [6.45, 7) is 3.66. The quantitative estimate of drug-likeness (QED) is 0.577. The van der Waals surface area contributed by atoms with Crippen molar-refractivity contribution in [1.29, 1.82) is 0 Å². The van der Waals surface area contributed by atoms with E-state index < -0.39 is 23.0 Å². The van der Waals surface area contributed by atoms with Crippen molar-refractivity contribution in [3.63, 3.8) is 0 Å². The van der Waals surface area contributed by atoms with Gasteiger partial charge in [-0.25, -0.2) is 4.39 Å². The predicted molar refractivity (Wildman–Crippen MR) is 43.8 cm³/mol. The van der Waals surface area contributed by atoms with Gasteiger partial charge in [0.1, 0.15) is 0 Å². The van der Waals surface area contributed by atoms with Crippen molar-refractivity contribution in [1.82, 2.24) is 0 Å². The second-order valence-electron chi connectivity index (χ2n) is 3.40. The molecule has 0 aromatic heterocycles. The first kappa shape index (κ1) is 9.89. The van der Waals surface area contributed by atoms with Gasteiger partial charge in [-0.3, -0.25) is 9.59 Å². The summed E-state index contributed by atoms with van der Waals surface area (Å²) in [5.74, 6) is -1.28. The molecule has 1 aliphatic rings. The van der Waals surface area contributed by atoms with Crippen molar-refractivity contribution in [3.05, 3.63) is 12.2 Å². The molecule has 13 heavy (non-hydrogen) atoms. The fourth-order valence-electron chi connectivity index (χ4n) is 1.22. The molecule has 2 unspecified atom stereocenters. The van der Waals surface area contributed by atoms with E-state index in [1.54, 1.807) is 0 Å². The Balaban J connectivity index is 2.98. The molecule has 0 amide bonds. The Kier molecular flexibility index (Phi) is 2.02. The van der Waals surface area contributed by atoms with E-state index in [0.29, 0.717) is 0 Å². The van der Waals surface area contributed by atoms with Gasteiger partial charge < -0.3 is 4.74 Å². The highest BCUT2D eigenvalue weighted by atomic mass is 19.1. The summed E-state index contributed by atoms with van der Waals surface area (Å²) in [6.07, 6.45) is 2.37. The van der Waals surface area contributed by atoms with Crippen molar-refractivity contribution < 1.29 is 18.7 Å². The van der Waals surface area contributed by atoms with E-state index in [-0.39, 0.29) is 0 Å². The van der Waals surface area contributed by atoms with Crippen LogP contribution in [0.5, 0.6) is 0 Å². The Labute approximate surface area is 75.6 Å². The van der Waals surface area contributed by atoms with E-state index in [1.165, 1.54) is 19.9 Å². The summed E-state index contributed by atoms with van der Waals surface area (Å²) in [6, 6.07) is 0. The van der Waals surface area contributed by atoms with Crippen molar-refractivity contribution in [2.24, 2.45) is 0 Å². The fraction of sp³-hybridized carbons (Fsp3) is 0.556. The van der Waals surface area contributed by atoms with Crippen molar-refractivity contribution in [3.8, 4) is 0 Å². The SMILES string of the molecule is CC(=O)OC1(C)C=CC(=O)C1(C)F. The van der Waals surface area contributed by atoms with Crippen LogP contribution in [0.4, 0.5) is 4.39 Å². The molecular weight excluding hydrogens is 175 g/mol. The normalized spacial score (nSPS) is 38.0. The highest BCUT2D eigenvalue weighted by Gasteiger charge is 2.55. The number of carbonyl (C=O) groups is 2. The molecule has 0 spiro atoms. The van der Waals surface area contributed by atoms with Crippen molar-refractivity contribution in [2.45, 2.75) is 32.0 Å². The largest absolute Gasteiger partial charge is 0.451 e. The second kappa shape index (κ2) is 2.65. The molecule has 1 aliphatic carbocycles. The zero-order valence-corrected chi connectivity index (χ0v) is 7.76. The maximum absolute atomic E-state index is 13.7. The lowest BCUT2D eigenvalue weighted by atomic mass is 9.90. The summed E-state index contributed by atoms with van der Waals surface area (Å²) in [4.78, 5) is 21.7. The average molecular weight is 186 g/mol. The van der Waals surface area contributed by atoms with Crippen LogP contribution in [0.3, 0.4) is 0 Å². The number of hydrogen-bond acceptors (Lipinski definition) is 3. The topological polar surface area (TPSA) is 43.4 Å². The summed E-state index contributed by atoms with van der Waals surface area (Å²) in [7, 11) is 0. The van der Waals surface area contributed by atoms with E-state index in [4.69, 9.17) is 4.74 Å². The van der Waals surface area contributed by atoms with Crippen LogP contribution in [0, 0.1) is 0 Å². The maximum Gasteiger partial charge on any atom is 0.303 e. The minimum absolute atomic E-state index is 0.606. The number of rotatable bonds is 1. The van der Waals surface area contributed by atoms with E-state index in [0.717, 1.165) is 13.0 Å². The molecule has 0 N–H and O–H groups in total. The van der Waals surface area contributed by atoms with Gasteiger partial charge in [0.05, 0.1) is 0 Å². The Hall–Kier alpha value is -1.19. The second-order valence-corrected chi connectivity index (χ2v) is 3.40. The Morgan fingerprint density at radius 1 is 1.54 bits per heavy atom. The third kappa shape index (κ3) is 1.36. The van der Waals surface area contributed by atoms with Gasteiger partial charge in [0.2, 0.25) is 5.67 Å². The van der Waals surface area contributed by atoms with Crippen molar-refractivity contribution in [2.75, 3.05) is 0 Å². The van der Waals surface area contributed by atoms with Gasteiger partial charge in [0.25, 0.3) is 0 Å². The first-order valence-electron chi connectivity index (χ1n) is 3.92. The Morgan fingerprint density at radius 2 is 2.08 bits per heavy atom. The number of ether oxygens (including phenoxy) is 1. The monoisotopic (exact) mass is 186 g/mol. The number of carbonyl (C=O) groups excluding carboxylic acids is 2. The number of hydrogen-bond donors (Lipinski definition) is 0. The molecule has 0 heterocycles. The summed E-state index contributed by atoms with van der Waals surface area (Å²) >= 11 is 0. The number of halogens is 1. The molecule has 0 radical (unpaired) electrons. The summed E-state index contributed by atoms with van der Waals surface area (Å²) < 4.78 is 18.5. The molecule has 1 rings (SSSR count). The van der Waals surface area contributed by atoms with Gasteiger partial charge in [0, 0.05) is 6.92 Å². The molecule has 0 saturated carbocycles. The average Bonchev–Trinajstić information content (AvgIpc) is 2.13. The van der Waals surface area contributed by atoms with E-state index in [2.05, 4.69) is 0 Å². The van der Waals surface area contributed by atoms with Gasteiger partial charge in [-0.2, -0.15) is 0 Å². The first-order chi connectivity index (χ1) is 5.79. The van der Waals surface area contributed by atoms with Crippen molar-refractivity contribution >= 4 is 11.8 Å². The molecule has 2 atom stereocenters. The Morgan fingerprint density at radius 3 is 2.38 bits per heavy atom. The maximum atomic E-state index is 13.7. The lowest BCUT2D eigenvalue weighted by Crippen LogP contribution is -2.49. The smallest absolute Gasteiger partial charge is 0.303 e. The highest BCUT2D eigenvalue weighted by Crippen LogP contribution is 2.37. The minimum Gasteiger partial charge on any atom is -0.451 e. The van der Waals surface area contributed by atoms with Crippen LogP contribution >= 0.6 is 0 Å². The molecule has 3 nitrogen and oxygen atoms in total. The predicted octanol–water partition coefficient (Wildman–Crippen LogP) is 1.18. The van der Waals surface area contributed by atoms with Crippen LogP contribution < -0.4 is 0 Å². The number of esters is 1. The third-order valence-corrected chi connectivity index (χ3v) is 2.30. The zero-order valence-electron chi connectivity index (χ0n) is 7.76. The fourth-order valence-corrected chi connectivity index (χ4v) is 1.22. The van der Waals surface area contributed by atoms with Gasteiger partial charge >= 0.3 is 5.97 Å². The molecule has 0 fully saturated rings. The van der Waals surface area contributed by atoms with E-state index in [1.807, 2.05) is 0 Å². The molecule has 0 bridgehead atoms. The molecule has 4 heteroatoms. The molecule has 0 aromatic rings. The van der Waals surface area contributed by atoms with Crippen LogP contribution in [-0.2, 0) is 14.3 Å². The van der Waals surface area contributed by atoms with Crippen LogP contribution in [0.25, 0.3) is 0 Å². The first-order valence-corrected chi connectivity index (χ1v) is 3.92. The third-order valence-electron chi connectivity index (χ3n) is 2.30. The summed E-state index contributed by atoms with van der Waals surface area (Å²) in [5.41, 5.74) is -3.62. The molecule has 0 aliphatic heterocycles. The van der Waals surface area contributed by atoms with Crippen LogP contribution in [-0.4, -0.2) is 23.0 Å². The lowest BCUT2D eigenvalue weighted by Gasteiger charge is -2.31. The number of ketones is 1. The van der Waals surface area contributed by atoms with E-state index >= 15 is 0 Å². The molecule has 0 saturated heterocycles. The van der Waals surface area contributed by atoms with Crippen LogP contribution in [0.2, 0.25) is 0 Å². The van der Waals surface area contributed by atoms with Gasteiger partial charge in [0.15, 0.2) is 11.4 Å². The Bertz CT molecular complexity index is 293. The van der Waals surface area contributed by atoms with Gasteiger partial charge in [-0.15, -0.1) is 0 Å². The van der Waals surface area contributed by atoms with E-state index in [9.17, 15) is 14.0 Å².